The molecule has 92 valence electrons. The van der Waals surface area contributed by atoms with Gasteiger partial charge in [-0.1, -0.05) is 23.1 Å². The Hall–Kier alpha value is -1.80. The second-order valence-electron chi connectivity index (χ2n) is 3.22. The van der Waals surface area contributed by atoms with E-state index >= 15 is 0 Å². The summed E-state index contributed by atoms with van der Waals surface area (Å²) in [6.07, 6.45) is 0. The topological polar surface area (TPSA) is 86.0 Å². The van der Waals surface area contributed by atoms with Crippen LogP contribution in [0.4, 0.5) is 5.69 Å². The Kier molecular flexibility index (Phi) is 4.00. The SMILES string of the molecule is O=C(CSc1nncs1)c1ccc([N+](=O)[O-])cc1. The number of nitro benzene ring substituents is 1. The van der Waals surface area contributed by atoms with Crippen LogP contribution in [0.3, 0.4) is 0 Å². The first-order valence-corrected chi connectivity index (χ1v) is 6.70. The van der Waals surface area contributed by atoms with Crippen molar-refractivity contribution in [1.29, 1.82) is 0 Å². The van der Waals surface area contributed by atoms with Crippen molar-refractivity contribution in [3.8, 4) is 0 Å². The van der Waals surface area contributed by atoms with Crippen LogP contribution in [0.15, 0.2) is 34.1 Å². The number of rotatable bonds is 5. The van der Waals surface area contributed by atoms with Gasteiger partial charge in [-0.3, -0.25) is 14.9 Å². The number of aromatic nitrogens is 2. The smallest absolute Gasteiger partial charge is 0.269 e. The maximum atomic E-state index is 11.8. The zero-order valence-corrected chi connectivity index (χ0v) is 10.6. The molecule has 0 spiro atoms. The van der Waals surface area contributed by atoms with E-state index in [-0.39, 0.29) is 17.2 Å². The minimum atomic E-state index is -0.496. The summed E-state index contributed by atoms with van der Waals surface area (Å²) in [6.45, 7) is 0. The molecule has 2 aromatic rings. The minimum absolute atomic E-state index is 0.0247. The van der Waals surface area contributed by atoms with Gasteiger partial charge in [0, 0.05) is 17.7 Å². The number of thioether (sulfide) groups is 1. The Morgan fingerprint density at radius 1 is 1.39 bits per heavy atom. The summed E-state index contributed by atoms with van der Waals surface area (Å²) in [5, 5.41) is 17.9. The molecule has 1 aromatic carbocycles. The van der Waals surface area contributed by atoms with E-state index in [1.807, 2.05) is 0 Å². The van der Waals surface area contributed by atoms with Crippen LogP contribution in [0, 0.1) is 10.1 Å². The van der Waals surface area contributed by atoms with E-state index in [2.05, 4.69) is 10.2 Å². The quantitative estimate of drug-likeness (QED) is 0.362. The molecule has 0 N–H and O–H groups in total. The van der Waals surface area contributed by atoms with E-state index in [0.29, 0.717) is 5.56 Å². The lowest BCUT2D eigenvalue weighted by molar-refractivity contribution is -0.384. The van der Waals surface area contributed by atoms with Crippen LogP contribution in [0.1, 0.15) is 10.4 Å². The van der Waals surface area contributed by atoms with Crippen molar-refractivity contribution in [2.45, 2.75) is 4.34 Å². The molecule has 1 aromatic heterocycles. The van der Waals surface area contributed by atoms with Gasteiger partial charge in [0.15, 0.2) is 10.1 Å². The van der Waals surface area contributed by atoms with Crippen molar-refractivity contribution in [2.24, 2.45) is 0 Å². The van der Waals surface area contributed by atoms with Gasteiger partial charge in [-0.05, 0) is 12.1 Å². The zero-order valence-electron chi connectivity index (χ0n) is 8.98. The molecule has 0 radical (unpaired) electrons. The average molecular weight is 281 g/mol. The lowest BCUT2D eigenvalue weighted by atomic mass is 10.1. The van der Waals surface area contributed by atoms with E-state index in [1.54, 1.807) is 5.51 Å². The Bertz CT molecular complexity index is 554. The van der Waals surface area contributed by atoms with Crippen LogP contribution in [0.2, 0.25) is 0 Å². The van der Waals surface area contributed by atoms with Gasteiger partial charge in [0.2, 0.25) is 0 Å². The number of nitrogens with zero attached hydrogens (tertiary/aromatic N) is 3. The third kappa shape index (κ3) is 3.11. The van der Waals surface area contributed by atoms with Crippen LogP contribution >= 0.6 is 23.1 Å². The molecular weight excluding hydrogens is 274 g/mol. The maximum Gasteiger partial charge on any atom is 0.269 e. The molecule has 0 bridgehead atoms. The largest absolute Gasteiger partial charge is 0.293 e. The first kappa shape index (κ1) is 12.7. The molecule has 0 saturated heterocycles. The highest BCUT2D eigenvalue weighted by atomic mass is 32.2. The van der Waals surface area contributed by atoms with E-state index in [1.165, 1.54) is 47.4 Å². The number of carbonyl (C=O) groups is 1. The number of ketones is 1. The number of benzene rings is 1. The van der Waals surface area contributed by atoms with Crippen molar-refractivity contribution < 1.29 is 9.72 Å². The van der Waals surface area contributed by atoms with Crippen molar-refractivity contribution >= 4 is 34.6 Å². The number of hydrogen-bond donors (Lipinski definition) is 0. The highest BCUT2D eigenvalue weighted by molar-refractivity contribution is 8.01. The number of hydrogen-bond acceptors (Lipinski definition) is 7. The Balaban J connectivity index is 1.98. The van der Waals surface area contributed by atoms with Gasteiger partial charge in [-0.2, -0.15) is 0 Å². The van der Waals surface area contributed by atoms with Crippen LogP contribution in [-0.4, -0.2) is 26.7 Å². The molecule has 0 unspecified atom stereocenters. The molecule has 18 heavy (non-hydrogen) atoms. The molecule has 0 aliphatic rings. The summed E-state index contributed by atoms with van der Waals surface area (Å²) >= 11 is 2.67. The predicted octanol–water partition coefficient (Wildman–Crippen LogP) is 2.42. The molecule has 0 amide bonds. The van der Waals surface area contributed by atoms with Gasteiger partial charge in [-0.15, -0.1) is 10.2 Å². The van der Waals surface area contributed by atoms with E-state index in [4.69, 9.17) is 0 Å². The number of non-ortho nitro benzene ring substituents is 1. The summed E-state index contributed by atoms with van der Waals surface area (Å²) in [5.74, 6) is 0.151. The fourth-order valence-electron chi connectivity index (χ4n) is 1.21. The number of Topliss-reactive ketones (excluding diaryl/α,β-unsaturated/α-hetero) is 1. The van der Waals surface area contributed by atoms with Gasteiger partial charge in [0.25, 0.3) is 5.69 Å². The summed E-state index contributed by atoms with van der Waals surface area (Å²) < 4.78 is 0.727. The second kappa shape index (κ2) is 5.69. The second-order valence-corrected chi connectivity index (χ2v) is 5.28. The maximum absolute atomic E-state index is 11.8. The minimum Gasteiger partial charge on any atom is -0.293 e. The lowest BCUT2D eigenvalue weighted by Gasteiger charge is -1.98. The number of nitro groups is 1. The van der Waals surface area contributed by atoms with Crippen LogP contribution < -0.4 is 0 Å². The van der Waals surface area contributed by atoms with Crippen molar-refractivity contribution in [3.05, 3.63) is 45.5 Å². The van der Waals surface area contributed by atoms with Gasteiger partial charge < -0.3 is 0 Å². The first-order valence-electron chi connectivity index (χ1n) is 4.83. The van der Waals surface area contributed by atoms with E-state index in [9.17, 15) is 14.9 Å². The molecule has 6 nitrogen and oxygen atoms in total. The van der Waals surface area contributed by atoms with Crippen LogP contribution in [0.25, 0.3) is 0 Å². The van der Waals surface area contributed by atoms with E-state index < -0.39 is 4.92 Å². The predicted molar refractivity (Wildman–Crippen MR) is 68.1 cm³/mol. The van der Waals surface area contributed by atoms with Gasteiger partial charge in [0.05, 0.1) is 10.7 Å². The van der Waals surface area contributed by atoms with Gasteiger partial charge in [-0.25, -0.2) is 0 Å². The first-order chi connectivity index (χ1) is 8.66. The summed E-state index contributed by atoms with van der Waals surface area (Å²) in [4.78, 5) is 21.8. The molecule has 0 saturated carbocycles. The van der Waals surface area contributed by atoms with Crippen molar-refractivity contribution in [2.75, 3.05) is 5.75 Å². The van der Waals surface area contributed by atoms with Crippen LogP contribution in [0.5, 0.6) is 0 Å². The molecular formula is C10H7N3O3S2. The van der Waals surface area contributed by atoms with Gasteiger partial charge >= 0.3 is 0 Å². The fraction of sp³-hybridized carbons (Fsp3) is 0.100. The van der Waals surface area contributed by atoms with Crippen molar-refractivity contribution in [1.82, 2.24) is 10.2 Å². The molecule has 2 rings (SSSR count). The Morgan fingerprint density at radius 3 is 2.67 bits per heavy atom. The Morgan fingerprint density at radius 2 is 2.11 bits per heavy atom. The monoisotopic (exact) mass is 281 g/mol. The van der Waals surface area contributed by atoms with E-state index in [0.717, 1.165) is 4.34 Å². The fourth-order valence-corrected chi connectivity index (χ4v) is 2.59. The normalized spacial score (nSPS) is 10.2. The highest BCUT2D eigenvalue weighted by Crippen LogP contribution is 2.20. The average Bonchev–Trinajstić information content (AvgIpc) is 2.89. The zero-order chi connectivity index (χ0) is 13.0. The standard InChI is InChI=1S/C10H7N3O3S2/c14-9(5-17-10-12-11-6-18-10)7-1-3-8(4-2-7)13(15)16/h1-4,6H,5H2. The summed E-state index contributed by atoms with van der Waals surface area (Å²) in [5.41, 5.74) is 2.03. The lowest BCUT2D eigenvalue weighted by Crippen LogP contribution is -2.02. The molecule has 0 fully saturated rings. The molecule has 0 aliphatic carbocycles. The molecule has 0 aliphatic heterocycles. The van der Waals surface area contributed by atoms with Gasteiger partial charge in [0.1, 0.15) is 5.51 Å². The van der Waals surface area contributed by atoms with Crippen LogP contribution in [-0.2, 0) is 0 Å². The molecule has 0 atom stereocenters. The van der Waals surface area contributed by atoms with Crippen molar-refractivity contribution in [3.63, 3.8) is 0 Å². The third-order valence-corrected chi connectivity index (χ3v) is 3.93. The molecule has 8 heteroatoms. The summed E-state index contributed by atoms with van der Waals surface area (Å²) in [6, 6.07) is 5.56. The third-order valence-electron chi connectivity index (χ3n) is 2.07. The number of carbonyl (C=O) groups excluding carboxylic acids is 1. The Labute approximate surface area is 110 Å². The summed E-state index contributed by atoms with van der Waals surface area (Å²) in [7, 11) is 0. The highest BCUT2D eigenvalue weighted by Gasteiger charge is 2.10. The molecule has 1 heterocycles.